The van der Waals surface area contributed by atoms with Gasteiger partial charge in [-0.2, -0.15) is 0 Å². The monoisotopic (exact) mass is 297 g/mol. The average Bonchev–Trinajstić information content (AvgIpc) is 2.59. The van der Waals surface area contributed by atoms with Crippen LogP contribution in [-0.2, 0) is 9.53 Å². The molecule has 2 aromatic rings. The summed E-state index contributed by atoms with van der Waals surface area (Å²) in [5.74, 6) is -0.944. The first kappa shape index (κ1) is 15.8. The molecule has 1 amide bonds. The molecule has 2 atom stereocenters. The Bertz CT molecular complexity index is 625. The van der Waals surface area contributed by atoms with Crippen LogP contribution in [0.2, 0.25) is 0 Å². The van der Waals surface area contributed by atoms with E-state index in [1.54, 1.807) is 24.3 Å². The van der Waals surface area contributed by atoms with Crippen molar-refractivity contribution in [1.82, 2.24) is 5.32 Å². The maximum atomic E-state index is 12.3. The summed E-state index contributed by atoms with van der Waals surface area (Å²) in [4.78, 5) is 24.3. The number of hydrogen-bond donors (Lipinski definition) is 1. The zero-order valence-electron chi connectivity index (χ0n) is 12.7. The third kappa shape index (κ3) is 3.73. The molecule has 2 aromatic carbocycles. The number of carbonyl (C=O) groups is 2. The lowest BCUT2D eigenvalue weighted by Gasteiger charge is -2.23. The van der Waals surface area contributed by atoms with Gasteiger partial charge in [0.05, 0.1) is 7.11 Å². The quantitative estimate of drug-likeness (QED) is 0.863. The van der Waals surface area contributed by atoms with Gasteiger partial charge in [-0.3, -0.25) is 4.79 Å². The number of benzene rings is 2. The highest BCUT2D eigenvalue weighted by Gasteiger charge is 2.29. The molecule has 114 valence electrons. The molecule has 0 radical (unpaired) electrons. The predicted molar refractivity (Wildman–Crippen MR) is 84.6 cm³/mol. The fourth-order valence-corrected chi connectivity index (χ4v) is 2.28. The van der Waals surface area contributed by atoms with Gasteiger partial charge in [-0.05, 0) is 17.7 Å². The van der Waals surface area contributed by atoms with E-state index in [0.717, 1.165) is 5.56 Å². The SMILES string of the molecule is COC(=O)[C@H](NC(=O)c1ccccc1)[C@H](C)c1ccccc1. The van der Waals surface area contributed by atoms with Crippen LogP contribution in [0.15, 0.2) is 60.7 Å². The van der Waals surface area contributed by atoms with Crippen molar-refractivity contribution in [1.29, 1.82) is 0 Å². The van der Waals surface area contributed by atoms with Crippen molar-refractivity contribution in [3.8, 4) is 0 Å². The predicted octanol–water partition coefficient (Wildman–Crippen LogP) is 2.76. The van der Waals surface area contributed by atoms with Gasteiger partial charge in [0.1, 0.15) is 6.04 Å². The first-order valence-electron chi connectivity index (χ1n) is 7.12. The van der Waals surface area contributed by atoms with Crippen molar-refractivity contribution in [3.05, 3.63) is 71.8 Å². The van der Waals surface area contributed by atoms with Gasteiger partial charge in [0.15, 0.2) is 0 Å². The van der Waals surface area contributed by atoms with Crippen LogP contribution in [0.4, 0.5) is 0 Å². The lowest BCUT2D eigenvalue weighted by molar-refractivity contribution is -0.143. The maximum absolute atomic E-state index is 12.3. The Morgan fingerprint density at radius 3 is 2.05 bits per heavy atom. The topological polar surface area (TPSA) is 55.4 Å². The Hall–Kier alpha value is -2.62. The van der Waals surface area contributed by atoms with Crippen LogP contribution in [-0.4, -0.2) is 25.0 Å². The van der Waals surface area contributed by atoms with Crippen LogP contribution in [0.1, 0.15) is 28.8 Å². The summed E-state index contributed by atoms with van der Waals surface area (Å²) in [6.45, 7) is 1.89. The first-order valence-corrected chi connectivity index (χ1v) is 7.12. The molecular formula is C18H19NO3. The minimum Gasteiger partial charge on any atom is -0.467 e. The Labute approximate surface area is 130 Å². The van der Waals surface area contributed by atoms with Crippen molar-refractivity contribution in [2.45, 2.75) is 18.9 Å². The average molecular weight is 297 g/mol. The van der Waals surface area contributed by atoms with E-state index in [4.69, 9.17) is 4.74 Å². The zero-order chi connectivity index (χ0) is 15.9. The van der Waals surface area contributed by atoms with Gasteiger partial charge >= 0.3 is 5.97 Å². The van der Waals surface area contributed by atoms with E-state index in [-0.39, 0.29) is 11.8 Å². The second-order valence-electron chi connectivity index (χ2n) is 5.04. The van der Waals surface area contributed by atoms with Gasteiger partial charge in [-0.1, -0.05) is 55.5 Å². The number of nitrogens with one attached hydrogen (secondary N) is 1. The minimum absolute atomic E-state index is 0.193. The van der Waals surface area contributed by atoms with Gasteiger partial charge in [-0.15, -0.1) is 0 Å². The molecule has 0 unspecified atom stereocenters. The standard InChI is InChI=1S/C18H19NO3/c1-13(14-9-5-3-6-10-14)16(18(21)22-2)19-17(20)15-11-7-4-8-12-15/h3-13,16H,1-2H3,(H,19,20)/t13-,16-/m1/s1. The summed E-state index contributed by atoms with van der Waals surface area (Å²) in [5.41, 5.74) is 1.47. The molecule has 4 heteroatoms. The van der Waals surface area contributed by atoms with E-state index < -0.39 is 12.0 Å². The number of esters is 1. The van der Waals surface area contributed by atoms with Gasteiger partial charge < -0.3 is 10.1 Å². The summed E-state index contributed by atoms with van der Waals surface area (Å²) in [7, 11) is 1.32. The molecule has 2 rings (SSSR count). The molecule has 0 aliphatic rings. The first-order chi connectivity index (χ1) is 10.6. The third-order valence-corrected chi connectivity index (χ3v) is 3.60. The Morgan fingerprint density at radius 2 is 1.50 bits per heavy atom. The van der Waals surface area contributed by atoms with Crippen LogP contribution in [0.3, 0.4) is 0 Å². The summed E-state index contributed by atoms with van der Waals surface area (Å²) in [6.07, 6.45) is 0. The molecule has 0 bridgehead atoms. The second-order valence-corrected chi connectivity index (χ2v) is 5.04. The molecule has 0 aliphatic heterocycles. The Morgan fingerprint density at radius 1 is 0.955 bits per heavy atom. The van der Waals surface area contributed by atoms with Crippen molar-refractivity contribution < 1.29 is 14.3 Å². The van der Waals surface area contributed by atoms with Gasteiger partial charge in [0, 0.05) is 11.5 Å². The van der Waals surface area contributed by atoms with Crippen molar-refractivity contribution in [2.75, 3.05) is 7.11 Å². The van der Waals surface area contributed by atoms with Crippen LogP contribution in [0.25, 0.3) is 0 Å². The molecule has 0 fully saturated rings. The van der Waals surface area contributed by atoms with E-state index in [0.29, 0.717) is 5.56 Å². The molecule has 0 saturated carbocycles. The van der Waals surface area contributed by atoms with E-state index >= 15 is 0 Å². The minimum atomic E-state index is -0.736. The molecule has 0 aliphatic carbocycles. The summed E-state index contributed by atoms with van der Waals surface area (Å²) in [5, 5.41) is 2.77. The zero-order valence-corrected chi connectivity index (χ0v) is 12.7. The van der Waals surface area contributed by atoms with Crippen molar-refractivity contribution in [3.63, 3.8) is 0 Å². The van der Waals surface area contributed by atoms with Crippen LogP contribution < -0.4 is 5.32 Å². The lowest BCUT2D eigenvalue weighted by Crippen LogP contribution is -2.44. The highest BCUT2D eigenvalue weighted by atomic mass is 16.5. The Balaban J connectivity index is 2.20. The molecule has 0 heterocycles. The highest BCUT2D eigenvalue weighted by molar-refractivity contribution is 5.97. The van der Waals surface area contributed by atoms with Crippen molar-refractivity contribution >= 4 is 11.9 Å². The number of rotatable bonds is 5. The van der Waals surface area contributed by atoms with Crippen LogP contribution >= 0.6 is 0 Å². The second kappa shape index (κ2) is 7.41. The highest BCUT2D eigenvalue weighted by Crippen LogP contribution is 2.20. The molecule has 4 nitrogen and oxygen atoms in total. The molecule has 22 heavy (non-hydrogen) atoms. The fourth-order valence-electron chi connectivity index (χ4n) is 2.28. The largest absolute Gasteiger partial charge is 0.467 e. The lowest BCUT2D eigenvalue weighted by atomic mass is 9.93. The van der Waals surface area contributed by atoms with Gasteiger partial charge in [-0.25, -0.2) is 4.79 Å². The van der Waals surface area contributed by atoms with Gasteiger partial charge in [0.25, 0.3) is 5.91 Å². The number of hydrogen-bond acceptors (Lipinski definition) is 3. The fraction of sp³-hybridized carbons (Fsp3) is 0.222. The number of amides is 1. The van der Waals surface area contributed by atoms with Gasteiger partial charge in [0.2, 0.25) is 0 Å². The summed E-state index contributed by atoms with van der Waals surface area (Å²) < 4.78 is 4.84. The molecule has 0 saturated heterocycles. The number of ether oxygens (including phenoxy) is 1. The smallest absolute Gasteiger partial charge is 0.328 e. The summed E-state index contributed by atoms with van der Waals surface area (Å²) >= 11 is 0. The molecule has 1 N–H and O–H groups in total. The number of carbonyl (C=O) groups excluding carboxylic acids is 2. The maximum Gasteiger partial charge on any atom is 0.328 e. The normalized spacial score (nSPS) is 13.0. The van der Waals surface area contributed by atoms with E-state index in [1.165, 1.54) is 7.11 Å². The van der Waals surface area contributed by atoms with Crippen LogP contribution in [0.5, 0.6) is 0 Å². The molecule has 0 spiro atoms. The summed E-state index contributed by atoms with van der Waals surface area (Å²) in [6, 6.07) is 17.6. The van der Waals surface area contributed by atoms with E-state index in [2.05, 4.69) is 5.32 Å². The van der Waals surface area contributed by atoms with E-state index in [9.17, 15) is 9.59 Å². The van der Waals surface area contributed by atoms with E-state index in [1.807, 2.05) is 43.3 Å². The molecular weight excluding hydrogens is 278 g/mol. The van der Waals surface area contributed by atoms with Crippen LogP contribution in [0, 0.1) is 0 Å². The molecule has 0 aromatic heterocycles. The van der Waals surface area contributed by atoms with Crippen molar-refractivity contribution in [2.24, 2.45) is 0 Å². The third-order valence-electron chi connectivity index (χ3n) is 3.60. The number of methoxy groups -OCH3 is 1. The Kier molecular flexibility index (Phi) is 5.31.